The van der Waals surface area contributed by atoms with Gasteiger partial charge in [-0.2, -0.15) is 0 Å². The molecule has 110 valence electrons. The second kappa shape index (κ2) is 6.00. The van der Waals surface area contributed by atoms with Gasteiger partial charge in [0.1, 0.15) is 0 Å². The van der Waals surface area contributed by atoms with Crippen LogP contribution in [-0.4, -0.2) is 22.5 Å². The molecule has 0 bridgehead atoms. The van der Waals surface area contributed by atoms with Gasteiger partial charge in [-0.15, -0.1) is 11.3 Å². The highest BCUT2D eigenvalue weighted by Gasteiger charge is 2.30. The molecule has 1 atom stereocenters. The molecule has 0 aliphatic carbocycles. The number of carboxylic acid groups (broad SMARTS) is 1. The number of rotatable bonds is 4. The molecule has 1 N–H and O–H groups in total. The summed E-state index contributed by atoms with van der Waals surface area (Å²) in [6, 6.07) is 12.3. The predicted molar refractivity (Wildman–Crippen MR) is 84.6 cm³/mol. The Morgan fingerprint density at radius 2 is 2.05 bits per heavy atom. The van der Waals surface area contributed by atoms with Gasteiger partial charge in [-0.3, -0.25) is 9.69 Å². The number of nitrogens with zero attached hydrogens (tertiary/aromatic N) is 1. The molecule has 2 heterocycles. The lowest BCUT2D eigenvalue weighted by Crippen LogP contribution is -2.36. The summed E-state index contributed by atoms with van der Waals surface area (Å²) < 4.78 is 0. The summed E-state index contributed by atoms with van der Waals surface area (Å²) in [7, 11) is 0. The van der Waals surface area contributed by atoms with Crippen molar-refractivity contribution < 1.29 is 9.90 Å². The highest BCUT2D eigenvalue weighted by Crippen LogP contribution is 2.30. The summed E-state index contributed by atoms with van der Waals surface area (Å²) in [5, 5.41) is 9.49. The van der Waals surface area contributed by atoms with E-state index in [2.05, 4.69) is 24.0 Å². The normalized spacial score (nSPS) is 18.4. The average molecular weight is 301 g/mol. The van der Waals surface area contributed by atoms with Crippen molar-refractivity contribution in [3.63, 3.8) is 0 Å². The van der Waals surface area contributed by atoms with E-state index in [0.717, 1.165) is 30.6 Å². The van der Waals surface area contributed by atoms with E-state index in [1.54, 1.807) is 0 Å². The summed E-state index contributed by atoms with van der Waals surface area (Å²) in [6.07, 6.45) is 1.06. The fraction of sp³-hybridized carbons (Fsp3) is 0.353. The maximum Gasteiger partial charge on any atom is 0.312 e. The summed E-state index contributed by atoms with van der Waals surface area (Å²) in [4.78, 5) is 16.5. The molecule has 0 saturated heterocycles. The molecule has 0 amide bonds. The molecule has 3 nitrogen and oxygen atoms in total. The Balaban J connectivity index is 1.81. The number of hydrogen-bond acceptors (Lipinski definition) is 3. The van der Waals surface area contributed by atoms with E-state index < -0.39 is 11.9 Å². The summed E-state index contributed by atoms with van der Waals surface area (Å²) in [6.45, 7) is 4.42. The molecular weight excluding hydrogens is 282 g/mol. The number of aliphatic carboxylic acids is 1. The number of aryl methyl sites for hydroxylation is 1. The molecule has 1 aliphatic rings. The summed E-state index contributed by atoms with van der Waals surface area (Å²) >= 11 is 1.83. The van der Waals surface area contributed by atoms with Crippen molar-refractivity contribution in [3.8, 4) is 0 Å². The Hall–Kier alpha value is -1.65. The minimum atomic E-state index is -0.729. The van der Waals surface area contributed by atoms with Crippen LogP contribution in [0.3, 0.4) is 0 Å². The van der Waals surface area contributed by atoms with Gasteiger partial charge in [0.05, 0.1) is 5.92 Å². The molecule has 1 aliphatic heterocycles. The van der Waals surface area contributed by atoms with E-state index >= 15 is 0 Å². The molecule has 0 radical (unpaired) electrons. The summed E-state index contributed by atoms with van der Waals surface area (Å²) in [5.41, 5.74) is 2.12. The van der Waals surface area contributed by atoms with Crippen molar-refractivity contribution in [2.24, 2.45) is 0 Å². The Morgan fingerprint density at radius 3 is 2.76 bits per heavy atom. The topological polar surface area (TPSA) is 40.5 Å². The van der Waals surface area contributed by atoms with Crippen LogP contribution >= 0.6 is 11.3 Å². The Bertz CT molecular complexity index is 650. The molecular formula is C17H19NO2S. The van der Waals surface area contributed by atoms with Crippen LogP contribution < -0.4 is 0 Å². The maximum absolute atomic E-state index is 11.5. The third-order valence-electron chi connectivity index (χ3n) is 4.01. The lowest BCUT2D eigenvalue weighted by Gasteiger charge is -2.32. The van der Waals surface area contributed by atoms with Gasteiger partial charge in [0, 0.05) is 29.4 Å². The first-order chi connectivity index (χ1) is 10.2. The molecule has 1 unspecified atom stereocenters. The first-order valence-electron chi connectivity index (χ1n) is 7.28. The number of carbonyl (C=O) groups is 1. The monoisotopic (exact) mass is 301 g/mol. The third kappa shape index (κ3) is 3.01. The van der Waals surface area contributed by atoms with Crippen molar-refractivity contribution in [3.05, 3.63) is 57.3 Å². The minimum Gasteiger partial charge on any atom is -0.481 e. The van der Waals surface area contributed by atoms with E-state index in [-0.39, 0.29) is 0 Å². The van der Waals surface area contributed by atoms with Crippen molar-refractivity contribution in [2.75, 3.05) is 6.54 Å². The van der Waals surface area contributed by atoms with Gasteiger partial charge in [-0.05, 0) is 29.7 Å². The van der Waals surface area contributed by atoms with Crippen LogP contribution in [0.15, 0.2) is 36.4 Å². The van der Waals surface area contributed by atoms with Gasteiger partial charge in [-0.1, -0.05) is 31.2 Å². The van der Waals surface area contributed by atoms with E-state index in [1.807, 2.05) is 35.6 Å². The SMILES string of the molecule is CCc1ccc(CN2Cc3ccccc3C(C(=O)O)C2)s1. The van der Waals surface area contributed by atoms with Gasteiger partial charge in [0.2, 0.25) is 0 Å². The van der Waals surface area contributed by atoms with Gasteiger partial charge in [0.15, 0.2) is 0 Å². The van der Waals surface area contributed by atoms with Gasteiger partial charge in [0.25, 0.3) is 0 Å². The Morgan fingerprint density at radius 1 is 1.29 bits per heavy atom. The van der Waals surface area contributed by atoms with Crippen molar-refractivity contribution in [1.29, 1.82) is 0 Å². The van der Waals surface area contributed by atoms with Gasteiger partial charge in [-0.25, -0.2) is 0 Å². The number of benzene rings is 1. The number of carboxylic acids is 1. The minimum absolute atomic E-state index is 0.416. The van der Waals surface area contributed by atoms with E-state index in [4.69, 9.17) is 0 Å². The first kappa shape index (κ1) is 14.3. The first-order valence-corrected chi connectivity index (χ1v) is 8.09. The Labute approximate surface area is 128 Å². The second-order valence-electron chi connectivity index (χ2n) is 5.48. The maximum atomic E-state index is 11.5. The number of hydrogen-bond donors (Lipinski definition) is 1. The van der Waals surface area contributed by atoms with Crippen LogP contribution in [0.5, 0.6) is 0 Å². The van der Waals surface area contributed by atoms with Crippen molar-refractivity contribution in [1.82, 2.24) is 4.90 Å². The lowest BCUT2D eigenvalue weighted by molar-refractivity contribution is -0.139. The average Bonchev–Trinajstić information content (AvgIpc) is 2.94. The van der Waals surface area contributed by atoms with Crippen LogP contribution in [-0.2, 0) is 24.3 Å². The van der Waals surface area contributed by atoms with Crippen LogP contribution in [0.1, 0.15) is 33.7 Å². The Kier molecular flexibility index (Phi) is 4.08. The zero-order valence-electron chi connectivity index (χ0n) is 12.1. The van der Waals surface area contributed by atoms with Gasteiger partial charge < -0.3 is 5.11 Å². The fourth-order valence-electron chi connectivity index (χ4n) is 2.93. The van der Waals surface area contributed by atoms with Crippen LogP contribution in [0.2, 0.25) is 0 Å². The van der Waals surface area contributed by atoms with E-state index in [9.17, 15) is 9.90 Å². The second-order valence-corrected chi connectivity index (χ2v) is 6.73. The van der Waals surface area contributed by atoms with Crippen molar-refractivity contribution in [2.45, 2.75) is 32.4 Å². The van der Waals surface area contributed by atoms with E-state index in [0.29, 0.717) is 6.54 Å². The van der Waals surface area contributed by atoms with E-state index in [1.165, 1.54) is 9.75 Å². The smallest absolute Gasteiger partial charge is 0.312 e. The lowest BCUT2D eigenvalue weighted by atomic mass is 9.90. The molecule has 2 aromatic rings. The molecule has 0 spiro atoms. The largest absolute Gasteiger partial charge is 0.481 e. The van der Waals surface area contributed by atoms with Gasteiger partial charge >= 0.3 is 5.97 Å². The quantitative estimate of drug-likeness (QED) is 0.939. The highest BCUT2D eigenvalue weighted by atomic mass is 32.1. The molecule has 1 aromatic heterocycles. The van der Waals surface area contributed by atoms with Crippen LogP contribution in [0.4, 0.5) is 0 Å². The highest BCUT2D eigenvalue weighted by molar-refractivity contribution is 7.11. The standard InChI is InChI=1S/C17H19NO2S/c1-2-13-7-8-14(21-13)10-18-9-12-5-3-4-6-15(12)16(11-18)17(19)20/h3-8,16H,2,9-11H2,1H3,(H,19,20). The molecule has 0 saturated carbocycles. The van der Waals surface area contributed by atoms with Crippen LogP contribution in [0, 0.1) is 0 Å². The number of thiophene rings is 1. The number of fused-ring (bicyclic) bond motifs is 1. The molecule has 3 rings (SSSR count). The third-order valence-corrected chi connectivity index (χ3v) is 5.22. The molecule has 21 heavy (non-hydrogen) atoms. The zero-order chi connectivity index (χ0) is 14.8. The van der Waals surface area contributed by atoms with Crippen molar-refractivity contribution >= 4 is 17.3 Å². The molecule has 4 heteroatoms. The van der Waals surface area contributed by atoms with Crippen LogP contribution in [0.25, 0.3) is 0 Å². The molecule has 0 fully saturated rings. The molecule has 1 aromatic carbocycles. The predicted octanol–water partition coefficient (Wildman–Crippen LogP) is 3.49. The zero-order valence-corrected chi connectivity index (χ0v) is 12.9. The summed E-state index contributed by atoms with van der Waals surface area (Å²) in [5.74, 6) is -1.15. The fourth-order valence-corrected chi connectivity index (χ4v) is 3.93.